The molecule has 1 amide bonds. The number of nitrogens with zero attached hydrogens (tertiary/aromatic N) is 2. The molecule has 10 heteroatoms. The van der Waals surface area contributed by atoms with Crippen molar-refractivity contribution in [3.05, 3.63) is 88.0 Å². The molecule has 0 bridgehead atoms. The molecule has 212 valence electrons. The lowest BCUT2D eigenvalue weighted by Gasteiger charge is -2.23. The van der Waals surface area contributed by atoms with Crippen LogP contribution in [-0.2, 0) is 20.7 Å². The van der Waals surface area contributed by atoms with Crippen molar-refractivity contribution in [1.82, 2.24) is 4.98 Å². The summed E-state index contributed by atoms with van der Waals surface area (Å²) >= 11 is 0.945. The first kappa shape index (κ1) is 28.1. The maximum atomic E-state index is 13.6. The highest BCUT2D eigenvalue weighted by atomic mass is 32.1. The summed E-state index contributed by atoms with van der Waals surface area (Å²) in [5, 5.41) is 11.7. The Morgan fingerprint density at radius 2 is 2.07 bits per heavy atom. The van der Waals surface area contributed by atoms with Crippen molar-refractivity contribution in [2.75, 3.05) is 18.1 Å². The second kappa shape index (κ2) is 11.6. The van der Waals surface area contributed by atoms with Crippen LogP contribution in [0.25, 0.3) is 5.76 Å². The highest BCUT2D eigenvalue weighted by Gasteiger charge is 2.48. The molecule has 3 heterocycles. The van der Waals surface area contributed by atoms with E-state index in [1.54, 1.807) is 49.4 Å². The monoisotopic (exact) mass is 574 g/mol. The number of ketones is 1. The topological polar surface area (TPSA) is 115 Å². The minimum absolute atomic E-state index is 0.000606. The van der Waals surface area contributed by atoms with Crippen LogP contribution >= 0.6 is 11.3 Å². The van der Waals surface area contributed by atoms with Crippen molar-refractivity contribution in [3.63, 3.8) is 0 Å². The standard InChI is InChI=1S/C31H30N2O7S/c1-5-12-38-22-9-7-8-19(16-22)25-24(26(34)20-10-11-23-21(15-20)14-17(3)40-23)27(35)29(36)33(25)31-32-18(4)28(41-31)30(37)39-13-6-2/h6-11,15-17,25,34H,2,5,12-14H2,1,3-4H3/t17-,25+/m1/s1. The molecule has 5 rings (SSSR count). The number of anilines is 1. The molecule has 1 N–H and O–H groups in total. The van der Waals surface area contributed by atoms with Gasteiger partial charge < -0.3 is 19.3 Å². The smallest absolute Gasteiger partial charge is 0.350 e. The maximum Gasteiger partial charge on any atom is 0.350 e. The van der Waals surface area contributed by atoms with Gasteiger partial charge in [-0.1, -0.05) is 43.0 Å². The van der Waals surface area contributed by atoms with Crippen molar-refractivity contribution in [3.8, 4) is 11.5 Å². The number of Topliss-reactive ketones (excluding diaryl/α,β-unsaturated/α-hetero) is 1. The number of aliphatic hydroxyl groups excluding tert-OH is 1. The van der Waals surface area contributed by atoms with Gasteiger partial charge in [-0.2, -0.15) is 0 Å². The molecule has 0 aliphatic carbocycles. The molecule has 1 aromatic heterocycles. The minimum atomic E-state index is -1.02. The van der Waals surface area contributed by atoms with Crippen LogP contribution in [0.4, 0.5) is 5.13 Å². The fourth-order valence-corrected chi connectivity index (χ4v) is 5.93. The molecule has 1 saturated heterocycles. The van der Waals surface area contributed by atoms with Gasteiger partial charge in [0.15, 0.2) is 5.13 Å². The second-order valence-electron chi connectivity index (χ2n) is 9.84. The number of aromatic nitrogens is 1. The van der Waals surface area contributed by atoms with Gasteiger partial charge in [0.2, 0.25) is 0 Å². The van der Waals surface area contributed by atoms with Gasteiger partial charge in [-0.05, 0) is 61.7 Å². The van der Waals surface area contributed by atoms with Gasteiger partial charge in [0.25, 0.3) is 5.78 Å². The van der Waals surface area contributed by atoms with Crippen LogP contribution in [0.5, 0.6) is 11.5 Å². The number of rotatable bonds is 9. The molecule has 2 aliphatic heterocycles. The van der Waals surface area contributed by atoms with Gasteiger partial charge in [0.05, 0.1) is 23.9 Å². The first-order chi connectivity index (χ1) is 19.7. The molecule has 0 spiro atoms. The van der Waals surface area contributed by atoms with E-state index in [2.05, 4.69) is 11.6 Å². The molecule has 0 radical (unpaired) electrons. The van der Waals surface area contributed by atoms with E-state index in [4.69, 9.17) is 14.2 Å². The molecule has 2 aromatic carbocycles. The van der Waals surface area contributed by atoms with Gasteiger partial charge >= 0.3 is 11.9 Å². The Morgan fingerprint density at radius 1 is 1.27 bits per heavy atom. The van der Waals surface area contributed by atoms with Gasteiger partial charge in [0.1, 0.15) is 34.8 Å². The lowest BCUT2D eigenvalue weighted by Crippen LogP contribution is -2.29. The summed E-state index contributed by atoms with van der Waals surface area (Å²) in [4.78, 5) is 45.7. The van der Waals surface area contributed by atoms with E-state index in [9.17, 15) is 19.5 Å². The number of benzene rings is 2. The largest absolute Gasteiger partial charge is 0.507 e. The number of hydrogen-bond acceptors (Lipinski definition) is 9. The molecular weight excluding hydrogens is 544 g/mol. The predicted molar refractivity (Wildman–Crippen MR) is 155 cm³/mol. The third kappa shape index (κ3) is 5.35. The van der Waals surface area contributed by atoms with Crippen LogP contribution in [0.3, 0.4) is 0 Å². The lowest BCUT2D eigenvalue weighted by molar-refractivity contribution is -0.132. The van der Waals surface area contributed by atoms with Crippen molar-refractivity contribution in [2.45, 2.75) is 45.8 Å². The van der Waals surface area contributed by atoms with Crippen molar-refractivity contribution < 1.29 is 33.7 Å². The normalized spacial score (nSPS) is 19.1. The van der Waals surface area contributed by atoms with E-state index in [1.807, 2.05) is 13.8 Å². The summed E-state index contributed by atoms with van der Waals surface area (Å²) in [5.41, 5.74) is 2.11. The van der Waals surface area contributed by atoms with Crippen molar-refractivity contribution in [2.24, 2.45) is 0 Å². The quantitative estimate of drug-likeness (QED) is 0.117. The van der Waals surface area contributed by atoms with Crippen LogP contribution in [0.1, 0.15) is 58.4 Å². The number of thiazole rings is 1. The first-order valence-corrected chi connectivity index (χ1v) is 14.1. The molecular formula is C31H30N2O7S. The average Bonchev–Trinajstić information content (AvgIpc) is 3.61. The van der Waals surface area contributed by atoms with Gasteiger partial charge in [0, 0.05) is 12.0 Å². The summed E-state index contributed by atoms with van der Waals surface area (Å²) in [6, 6.07) is 11.2. The number of carbonyl (C=O) groups is 3. The van der Waals surface area contributed by atoms with Crippen LogP contribution < -0.4 is 14.4 Å². The SMILES string of the molecule is C=CCOC(=O)c1sc(N2C(=O)C(=O)C(=C(O)c3ccc4c(c3)C[C@@H](C)O4)[C@@H]2c2cccc(OCCC)c2)nc1C. The molecule has 41 heavy (non-hydrogen) atoms. The van der Waals surface area contributed by atoms with Crippen LogP contribution in [0.15, 0.2) is 60.7 Å². The number of aliphatic hydroxyl groups is 1. The second-order valence-corrected chi connectivity index (χ2v) is 10.8. The number of hydrogen-bond donors (Lipinski definition) is 1. The predicted octanol–water partition coefficient (Wildman–Crippen LogP) is 5.53. The number of carbonyl (C=O) groups excluding carboxylic acids is 3. The summed E-state index contributed by atoms with van der Waals surface area (Å²) in [7, 11) is 0. The highest BCUT2D eigenvalue weighted by Crippen LogP contribution is 2.45. The molecule has 0 unspecified atom stereocenters. The lowest BCUT2D eigenvalue weighted by atomic mass is 9.94. The number of ether oxygens (including phenoxy) is 3. The number of esters is 1. The minimum Gasteiger partial charge on any atom is -0.507 e. The zero-order valence-corrected chi connectivity index (χ0v) is 23.8. The zero-order chi connectivity index (χ0) is 29.3. The van der Waals surface area contributed by atoms with Gasteiger partial charge in [-0.25, -0.2) is 9.78 Å². The Kier molecular flexibility index (Phi) is 7.94. The fourth-order valence-electron chi connectivity index (χ4n) is 4.94. The van der Waals surface area contributed by atoms with Crippen molar-refractivity contribution >= 4 is 39.9 Å². The summed E-state index contributed by atoms with van der Waals surface area (Å²) in [6.45, 7) is 9.63. The highest BCUT2D eigenvalue weighted by molar-refractivity contribution is 7.17. The Balaban J connectivity index is 1.65. The van der Waals surface area contributed by atoms with Crippen LogP contribution in [0.2, 0.25) is 0 Å². The average molecular weight is 575 g/mol. The Labute approximate surface area is 241 Å². The van der Waals surface area contributed by atoms with Crippen molar-refractivity contribution in [1.29, 1.82) is 0 Å². The Bertz CT molecular complexity index is 1570. The number of amides is 1. The third-order valence-corrected chi connectivity index (χ3v) is 7.91. The van der Waals surface area contributed by atoms with E-state index in [1.165, 1.54) is 11.0 Å². The summed E-state index contributed by atoms with van der Waals surface area (Å²) in [5.74, 6) is -1.36. The molecule has 3 aromatic rings. The van der Waals surface area contributed by atoms with Gasteiger partial charge in [-0.15, -0.1) is 0 Å². The molecule has 9 nitrogen and oxygen atoms in total. The summed E-state index contributed by atoms with van der Waals surface area (Å²) < 4.78 is 16.8. The summed E-state index contributed by atoms with van der Waals surface area (Å²) in [6.07, 6.45) is 2.91. The van der Waals surface area contributed by atoms with E-state index in [-0.39, 0.29) is 34.1 Å². The van der Waals surface area contributed by atoms with E-state index in [0.717, 1.165) is 29.1 Å². The van der Waals surface area contributed by atoms with Crippen LogP contribution in [-0.4, -0.2) is 47.1 Å². The molecule has 2 aliphatic rings. The molecule has 0 saturated carbocycles. The molecule has 1 fully saturated rings. The maximum absolute atomic E-state index is 13.6. The van der Waals surface area contributed by atoms with Crippen LogP contribution in [0, 0.1) is 6.92 Å². The van der Waals surface area contributed by atoms with Gasteiger partial charge in [-0.3, -0.25) is 14.5 Å². The van der Waals surface area contributed by atoms with E-state index in [0.29, 0.717) is 35.6 Å². The number of fused-ring (bicyclic) bond motifs is 1. The van der Waals surface area contributed by atoms with E-state index < -0.39 is 23.7 Å². The Morgan fingerprint density at radius 3 is 2.83 bits per heavy atom. The third-order valence-electron chi connectivity index (χ3n) is 6.77. The zero-order valence-electron chi connectivity index (χ0n) is 23.0. The first-order valence-electron chi connectivity index (χ1n) is 13.3. The molecule has 2 atom stereocenters. The Hall–Kier alpha value is -4.44. The van der Waals surface area contributed by atoms with E-state index >= 15 is 0 Å². The fraction of sp³-hybridized carbons (Fsp3) is 0.290. The number of aryl methyl sites for hydroxylation is 1.